The Hall–Kier alpha value is -3.14. The summed E-state index contributed by atoms with van der Waals surface area (Å²) in [6.07, 6.45) is 2.19. The lowest BCUT2D eigenvalue weighted by Gasteiger charge is -2.44. The fourth-order valence-electron chi connectivity index (χ4n) is 5.18. The number of para-hydroxylation sites is 1. The number of nitrogens with one attached hydrogen (secondary N) is 1. The molecule has 2 aliphatic heterocycles. The third-order valence-electron chi connectivity index (χ3n) is 6.99. The lowest BCUT2D eigenvalue weighted by atomic mass is 9.80. The van der Waals surface area contributed by atoms with Crippen LogP contribution in [0.1, 0.15) is 64.5 Å². The number of carbonyl (C=O) groups excluding carboxylic acids is 2. The SMILES string of the molecule is CC(C)(C)C1CC(OCCCc2cccc3c2oc(=O)n3C2CCC(=O)NC2=O)CCN1C(=O)O. The van der Waals surface area contributed by atoms with Crippen molar-refractivity contribution in [2.45, 2.75) is 77.5 Å². The van der Waals surface area contributed by atoms with Crippen LogP contribution >= 0.6 is 0 Å². The number of hydrogen-bond acceptors (Lipinski definition) is 6. The molecule has 0 spiro atoms. The molecule has 2 fully saturated rings. The number of piperidine rings is 2. The third-order valence-corrected chi connectivity index (χ3v) is 6.99. The highest BCUT2D eigenvalue weighted by Crippen LogP contribution is 2.33. The summed E-state index contributed by atoms with van der Waals surface area (Å²) in [5.74, 6) is -1.45. The molecule has 3 heterocycles. The van der Waals surface area contributed by atoms with E-state index in [0.29, 0.717) is 49.9 Å². The summed E-state index contributed by atoms with van der Waals surface area (Å²) in [4.78, 5) is 49.5. The van der Waals surface area contributed by atoms with Crippen molar-refractivity contribution < 1.29 is 28.6 Å². The van der Waals surface area contributed by atoms with Gasteiger partial charge in [-0.1, -0.05) is 32.9 Å². The molecule has 190 valence electrons. The van der Waals surface area contributed by atoms with E-state index < -0.39 is 23.8 Å². The summed E-state index contributed by atoms with van der Waals surface area (Å²) in [6, 6.07) is 4.58. The number of carboxylic acid groups (broad SMARTS) is 1. The Kier molecular flexibility index (Phi) is 7.02. The second-order valence-electron chi connectivity index (χ2n) is 10.4. The zero-order valence-electron chi connectivity index (χ0n) is 20.4. The fourth-order valence-corrected chi connectivity index (χ4v) is 5.18. The summed E-state index contributed by atoms with van der Waals surface area (Å²) < 4.78 is 13.0. The number of oxazole rings is 1. The summed E-state index contributed by atoms with van der Waals surface area (Å²) in [5.41, 5.74) is 1.66. The quantitative estimate of drug-likeness (QED) is 0.473. The van der Waals surface area contributed by atoms with Crippen LogP contribution < -0.4 is 11.1 Å². The Morgan fingerprint density at radius 3 is 2.69 bits per heavy atom. The number of aromatic nitrogens is 1. The van der Waals surface area contributed by atoms with E-state index in [1.165, 1.54) is 9.47 Å². The highest BCUT2D eigenvalue weighted by atomic mass is 16.5. The zero-order valence-corrected chi connectivity index (χ0v) is 20.4. The van der Waals surface area contributed by atoms with E-state index in [2.05, 4.69) is 5.32 Å². The molecule has 0 radical (unpaired) electrons. The van der Waals surface area contributed by atoms with Gasteiger partial charge in [-0.05, 0) is 49.1 Å². The van der Waals surface area contributed by atoms with Crippen LogP contribution in [0, 0.1) is 5.41 Å². The molecule has 1 aromatic carbocycles. The van der Waals surface area contributed by atoms with Crippen molar-refractivity contribution in [3.05, 3.63) is 34.3 Å². The van der Waals surface area contributed by atoms with Crippen molar-refractivity contribution in [2.75, 3.05) is 13.2 Å². The minimum absolute atomic E-state index is 0.00263. The van der Waals surface area contributed by atoms with E-state index in [9.17, 15) is 24.3 Å². The Balaban J connectivity index is 1.39. The van der Waals surface area contributed by atoms with Gasteiger partial charge < -0.3 is 19.2 Å². The number of likely N-dealkylation sites (tertiary alicyclic amines) is 1. The average molecular weight is 488 g/mol. The molecule has 2 saturated heterocycles. The van der Waals surface area contributed by atoms with E-state index in [4.69, 9.17) is 9.15 Å². The molecule has 0 saturated carbocycles. The van der Waals surface area contributed by atoms with Crippen molar-refractivity contribution in [3.8, 4) is 0 Å². The van der Waals surface area contributed by atoms with Crippen LogP contribution in [0.4, 0.5) is 4.79 Å². The maximum Gasteiger partial charge on any atom is 0.420 e. The van der Waals surface area contributed by atoms with Gasteiger partial charge in [0.2, 0.25) is 11.8 Å². The summed E-state index contributed by atoms with van der Waals surface area (Å²) in [6.45, 7) is 7.10. The lowest BCUT2D eigenvalue weighted by Crippen LogP contribution is -2.53. The van der Waals surface area contributed by atoms with E-state index in [1.807, 2.05) is 32.9 Å². The monoisotopic (exact) mass is 487 g/mol. The number of hydrogen-bond donors (Lipinski definition) is 2. The molecule has 3 amide bonds. The van der Waals surface area contributed by atoms with Crippen molar-refractivity contribution in [1.29, 1.82) is 0 Å². The molecule has 2 N–H and O–H groups in total. The first-order chi connectivity index (χ1) is 16.6. The van der Waals surface area contributed by atoms with Crippen LogP contribution in [-0.4, -0.2) is 57.8 Å². The molecule has 3 unspecified atom stereocenters. The molecule has 0 aliphatic carbocycles. The van der Waals surface area contributed by atoms with E-state index in [-0.39, 0.29) is 36.3 Å². The first kappa shape index (κ1) is 25.0. The van der Waals surface area contributed by atoms with E-state index in [0.717, 1.165) is 5.56 Å². The number of benzene rings is 1. The highest BCUT2D eigenvalue weighted by molar-refractivity contribution is 6.00. The minimum Gasteiger partial charge on any atom is -0.465 e. The van der Waals surface area contributed by atoms with Gasteiger partial charge in [0.05, 0.1) is 11.6 Å². The lowest BCUT2D eigenvalue weighted by molar-refractivity contribution is -0.135. The standard InChI is InChI=1S/C25H33N3O7/c1-25(2,3)19-14-16(11-12-27(19)23(31)32)34-13-5-7-15-6-4-8-17-21(15)35-24(33)28(17)18-9-10-20(29)26-22(18)30/h4,6,8,16,18-19H,5,7,9-14H2,1-3H3,(H,31,32)(H,26,29,30). The van der Waals surface area contributed by atoms with Crippen LogP contribution in [0.3, 0.4) is 0 Å². The number of amides is 3. The number of imide groups is 1. The Labute approximate surface area is 203 Å². The number of nitrogens with zero attached hydrogens (tertiary/aromatic N) is 2. The summed E-state index contributed by atoms with van der Waals surface area (Å²) in [7, 11) is 0. The zero-order chi connectivity index (χ0) is 25.3. The van der Waals surface area contributed by atoms with Gasteiger partial charge in [0, 0.05) is 25.6 Å². The predicted octanol–water partition coefficient (Wildman–Crippen LogP) is 3.08. The van der Waals surface area contributed by atoms with Gasteiger partial charge in [-0.3, -0.25) is 19.5 Å². The third kappa shape index (κ3) is 5.27. The van der Waals surface area contributed by atoms with Crippen LogP contribution in [0.25, 0.3) is 11.1 Å². The van der Waals surface area contributed by atoms with Crippen molar-refractivity contribution in [3.63, 3.8) is 0 Å². The Bertz CT molecular complexity index is 1180. The smallest absolute Gasteiger partial charge is 0.420 e. The normalized spacial score (nSPS) is 23.5. The molecule has 3 atom stereocenters. The Morgan fingerprint density at radius 1 is 1.23 bits per heavy atom. The number of rotatable bonds is 6. The molecular formula is C25H33N3O7. The number of fused-ring (bicyclic) bond motifs is 1. The molecule has 10 nitrogen and oxygen atoms in total. The van der Waals surface area contributed by atoms with E-state index in [1.54, 1.807) is 6.07 Å². The van der Waals surface area contributed by atoms with Crippen LogP contribution in [0.5, 0.6) is 0 Å². The maximum absolute atomic E-state index is 12.6. The van der Waals surface area contributed by atoms with Gasteiger partial charge >= 0.3 is 11.8 Å². The summed E-state index contributed by atoms with van der Waals surface area (Å²) >= 11 is 0. The second-order valence-corrected chi connectivity index (χ2v) is 10.4. The molecule has 0 bridgehead atoms. The van der Waals surface area contributed by atoms with Gasteiger partial charge in [0.1, 0.15) is 6.04 Å². The molecule has 2 aliphatic rings. The van der Waals surface area contributed by atoms with Gasteiger partial charge in [-0.25, -0.2) is 9.59 Å². The Morgan fingerprint density at radius 2 is 2.00 bits per heavy atom. The number of carbonyl (C=O) groups is 3. The molecule has 10 heteroatoms. The number of aryl methyl sites for hydroxylation is 1. The van der Waals surface area contributed by atoms with E-state index >= 15 is 0 Å². The highest BCUT2D eigenvalue weighted by Gasteiger charge is 2.39. The molecule has 35 heavy (non-hydrogen) atoms. The average Bonchev–Trinajstić information content (AvgIpc) is 3.12. The van der Waals surface area contributed by atoms with Crippen LogP contribution in [0.15, 0.2) is 27.4 Å². The summed E-state index contributed by atoms with van der Waals surface area (Å²) in [5, 5.41) is 11.8. The molecular weight excluding hydrogens is 454 g/mol. The van der Waals surface area contributed by atoms with Crippen molar-refractivity contribution in [1.82, 2.24) is 14.8 Å². The van der Waals surface area contributed by atoms with Gasteiger partial charge in [0.15, 0.2) is 5.58 Å². The molecule has 1 aromatic heterocycles. The van der Waals surface area contributed by atoms with Crippen LogP contribution in [-0.2, 0) is 20.7 Å². The van der Waals surface area contributed by atoms with Gasteiger partial charge in [0.25, 0.3) is 0 Å². The van der Waals surface area contributed by atoms with Crippen LogP contribution in [0.2, 0.25) is 0 Å². The minimum atomic E-state index is -0.887. The van der Waals surface area contributed by atoms with Gasteiger partial charge in [-0.2, -0.15) is 0 Å². The topological polar surface area (TPSA) is 131 Å². The first-order valence-corrected chi connectivity index (χ1v) is 12.1. The van der Waals surface area contributed by atoms with Gasteiger partial charge in [-0.15, -0.1) is 0 Å². The molecule has 2 aromatic rings. The van der Waals surface area contributed by atoms with Crippen molar-refractivity contribution >= 4 is 29.0 Å². The fraction of sp³-hybridized carbons (Fsp3) is 0.600. The maximum atomic E-state index is 12.6. The van der Waals surface area contributed by atoms with Crippen molar-refractivity contribution in [2.24, 2.45) is 5.41 Å². The second kappa shape index (κ2) is 9.85. The molecule has 4 rings (SSSR count). The number of ether oxygens (including phenoxy) is 1. The predicted molar refractivity (Wildman–Crippen MR) is 127 cm³/mol. The largest absolute Gasteiger partial charge is 0.465 e. The first-order valence-electron chi connectivity index (χ1n) is 12.1.